The number of aryl methyl sites for hydroxylation is 1. The molecule has 0 radical (unpaired) electrons. The van der Waals surface area contributed by atoms with Crippen LogP contribution in [0.15, 0.2) is 65.0 Å². The second kappa shape index (κ2) is 11.9. The van der Waals surface area contributed by atoms with Crippen LogP contribution < -0.4 is 10.0 Å². The summed E-state index contributed by atoms with van der Waals surface area (Å²) in [6.45, 7) is 0. The number of carbonyl (C=O) groups excluding carboxylic acids is 1. The van der Waals surface area contributed by atoms with E-state index in [-0.39, 0.29) is 45.4 Å². The van der Waals surface area contributed by atoms with Crippen molar-refractivity contribution in [3.63, 3.8) is 0 Å². The molecule has 13 heteroatoms. The highest BCUT2D eigenvalue weighted by Crippen LogP contribution is 2.45. The molecule has 2 aromatic rings. The number of hydrogen-bond acceptors (Lipinski definition) is 7. The minimum absolute atomic E-state index is 0.0141. The summed E-state index contributed by atoms with van der Waals surface area (Å²) in [6, 6.07) is 11.0. The Hall–Kier alpha value is -3.54. The van der Waals surface area contributed by atoms with E-state index in [0.717, 1.165) is 13.4 Å². The average Bonchev–Trinajstić information content (AvgIpc) is 2.81. The van der Waals surface area contributed by atoms with E-state index in [1.165, 1.54) is 18.2 Å². The molecule has 0 fully saturated rings. The zero-order valence-corrected chi connectivity index (χ0v) is 22.6. The molecule has 0 saturated heterocycles. The lowest BCUT2D eigenvalue weighted by molar-refractivity contribution is -0.139. The van der Waals surface area contributed by atoms with Gasteiger partial charge in [-0.3, -0.25) is 9.52 Å². The highest BCUT2D eigenvalue weighted by molar-refractivity contribution is 7.92. The number of rotatable bonds is 10. The van der Waals surface area contributed by atoms with Gasteiger partial charge in [0.15, 0.2) is 0 Å². The normalized spacial score (nSPS) is 15.6. The molecule has 2 aromatic carbocycles. The van der Waals surface area contributed by atoms with Gasteiger partial charge in [0.1, 0.15) is 0 Å². The number of allylic oxidation sites excluding steroid dienone is 1. The van der Waals surface area contributed by atoms with E-state index in [9.17, 15) is 33.0 Å². The van der Waals surface area contributed by atoms with Crippen molar-refractivity contribution < 1.29 is 37.8 Å². The quantitative estimate of drug-likeness (QED) is 0.304. The number of carboxylic acid groups (broad SMARTS) is 2. The van der Waals surface area contributed by atoms with Gasteiger partial charge in [0.05, 0.1) is 42.5 Å². The van der Waals surface area contributed by atoms with E-state index in [1.54, 1.807) is 24.3 Å². The van der Waals surface area contributed by atoms with Crippen LogP contribution in [0, 0.1) is 0 Å². The number of anilines is 1. The van der Waals surface area contributed by atoms with Crippen LogP contribution in [0.2, 0.25) is 10.0 Å². The molecular weight excluding hydrogens is 559 g/mol. The predicted octanol–water partition coefficient (Wildman–Crippen LogP) is 3.93. The Labute approximate surface area is 229 Å². The summed E-state index contributed by atoms with van der Waals surface area (Å²) < 4.78 is 30.7. The van der Waals surface area contributed by atoms with Crippen molar-refractivity contribution in [2.75, 3.05) is 18.1 Å². The Morgan fingerprint density at radius 3 is 2.08 bits per heavy atom. The molecule has 0 bridgehead atoms. The molecule has 0 spiro atoms. The van der Waals surface area contributed by atoms with Crippen molar-refractivity contribution in [1.29, 1.82) is 0 Å². The number of sulfonamides is 1. The molecule has 0 aromatic heterocycles. The molecule has 3 rings (SSSR count). The molecule has 202 valence electrons. The third-order valence-corrected chi connectivity index (χ3v) is 7.03. The molecular formula is C25H24Cl2N2O8S. The van der Waals surface area contributed by atoms with E-state index in [4.69, 9.17) is 27.9 Å². The molecule has 1 atom stereocenters. The molecule has 4 N–H and O–H groups in total. The van der Waals surface area contributed by atoms with Crippen LogP contribution in [-0.2, 0) is 35.6 Å². The third kappa shape index (κ3) is 6.66. The number of aliphatic carboxylic acids is 2. The zero-order chi connectivity index (χ0) is 28.2. The van der Waals surface area contributed by atoms with Crippen molar-refractivity contribution in [3.8, 4) is 0 Å². The number of carboxylic acids is 2. The van der Waals surface area contributed by atoms with Crippen LogP contribution in [0.3, 0.4) is 0 Å². The second-order valence-electron chi connectivity index (χ2n) is 8.37. The fourth-order valence-electron chi connectivity index (χ4n) is 4.24. The maximum atomic E-state index is 12.6. The van der Waals surface area contributed by atoms with Crippen LogP contribution in [0.25, 0.3) is 0 Å². The number of ether oxygens (including phenoxy) is 1. The van der Waals surface area contributed by atoms with Crippen LogP contribution in [0.4, 0.5) is 5.69 Å². The van der Waals surface area contributed by atoms with Gasteiger partial charge in [0.25, 0.3) is 0 Å². The Morgan fingerprint density at radius 1 is 0.947 bits per heavy atom. The first-order valence-electron chi connectivity index (χ1n) is 11.1. The second-order valence-corrected chi connectivity index (χ2v) is 10.9. The van der Waals surface area contributed by atoms with Gasteiger partial charge in [0, 0.05) is 27.0 Å². The van der Waals surface area contributed by atoms with Gasteiger partial charge < -0.3 is 20.3 Å². The maximum Gasteiger partial charge on any atom is 0.334 e. The fraction of sp³-hybridized carbons (Fsp3) is 0.240. The van der Waals surface area contributed by atoms with E-state index in [1.807, 2.05) is 0 Å². The van der Waals surface area contributed by atoms with Crippen molar-refractivity contribution in [3.05, 3.63) is 86.2 Å². The minimum Gasteiger partial charge on any atom is -0.478 e. The number of benzene rings is 2. The number of nitrogens with one attached hydrogen (secondary N) is 2. The lowest BCUT2D eigenvalue weighted by Gasteiger charge is -2.32. The number of carbonyl (C=O) groups is 3. The summed E-state index contributed by atoms with van der Waals surface area (Å²) in [6.07, 6.45) is 0.695. The maximum absolute atomic E-state index is 12.6. The van der Waals surface area contributed by atoms with Gasteiger partial charge in [-0.05, 0) is 36.6 Å². The summed E-state index contributed by atoms with van der Waals surface area (Å²) in [4.78, 5) is 37.2. The highest BCUT2D eigenvalue weighted by atomic mass is 35.5. The standard InChI is InChI=1S/C25H24Cl2N2O8S/c1-37-19(30)12-18-22(25(33)34)23(20-14(26)7-5-8-15(20)27)21(24(31)32)17(28-18)11-10-13-6-3-4-9-16(13)29-38(2,35)36/h3-9,23,28-29H,10-12H2,1-2H3,(H,31,32)(H,33,34). The molecule has 0 amide bonds. The van der Waals surface area contributed by atoms with Crippen molar-refractivity contribution in [1.82, 2.24) is 5.32 Å². The van der Waals surface area contributed by atoms with Crippen molar-refractivity contribution in [2.45, 2.75) is 25.2 Å². The van der Waals surface area contributed by atoms with Gasteiger partial charge in [-0.25, -0.2) is 18.0 Å². The van der Waals surface area contributed by atoms with E-state index < -0.39 is 45.8 Å². The third-order valence-electron chi connectivity index (χ3n) is 5.78. The van der Waals surface area contributed by atoms with Crippen molar-refractivity contribution in [2.24, 2.45) is 0 Å². The lowest BCUT2D eigenvalue weighted by Crippen LogP contribution is -2.34. The fourth-order valence-corrected chi connectivity index (χ4v) is 5.45. The molecule has 10 nitrogen and oxygen atoms in total. The van der Waals surface area contributed by atoms with Crippen LogP contribution in [-0.4, -0.2) is 49.9 Å². The summed E-state index contributed by atoms with van der Waals surface area (Å²) in [5.41, 5.74) is 0.234. The number of methoxy groups -OCH3 is 1. The number of esters is 1. The van der Waals surface area contributed by atoms with Gasteiger partial charge in [-0.1, -0.05) is 47.5 Å². The number of para-hydroxylation sites is 1. The largest absolute Gasteiger partial charge is 0.478 e. The van der Waals surface area contributed by atoms with Gasteiger partial charge >= 0.3 is 17.9 Å². The molecule has 1 heterocycles. The van der Waals surface area contributed by atoms with E-state index in [2.05, 4.69) is 10.0 Å². The lowest BCUT2D eigenvalue weighted by atomic mass is 9.78. The Bertz CT molecular complexity index is 1450. The predicted molar refractivity (Wildman–Crippen MR) is 142 cm³/mol. The first kappa shape index (κ1) is 29.0. The molecule has 38 heavy (non-hydrogen) atoms. The van der Waals surface area contributed by atoms with Gasteiger partial charge in [-0.15, -0.1) is 0 Å². The zero-order valence-electron chi connectivity index (χ0n) is 20.2. The Balaban J connectivity index is 2.20. The summed E-state index contributed by atoms with van der Waals surface area (Å²) >= 11 is 12.8. The minimum atomic E-state index is -3.59. The summed E-state index contributed by atoms with van der Waals surface area (Å²) in [5.74, 6) is -5.08. The monoisotopic (exact) mass is 582 g/mol. The molecule has 1 aliphatic rings. The summed E-state index contributed by atoms with van der Waals surface area (Å²) in [5, 5.41) is 23.3. The van der Waals surface area contributed by atoms with Crippen LogP contribution in [0.1, 0.15) is 29.9 Å². The van der Waals surface area contributed by atoms with Gasteiger partial charge in [0.2, 0.25) is 10.0 Å². The molecule has 0 aliphatic carbocycles. The topological polar surface area (TPSA) is 159 Å². The number of halogens is 2. The smallest absolute Gasteiger partial charge is 0.334 e. The molecule has 1 aliphatic heterocycles. The van der Waals surface area contributed by atoms with E-state index in [0.29, 0.717) is 11.3 Å². The Morgan fingerprint density at radius 2 is 1.53 bits per heavy atom. The first-order chi connectivity index (χ1) is 17.8. The van der Waals surface area contributed by atoms with Gasteiger partial charge in [-0.2, -0.15) is 0 Å². The molecule has 1 unspecified atom stereocenters. The van der Waals surface area contributed by atoms with Crippen LogP contribution >= 0.6 is 23.2 Å². The summed E-state index contributed by atoms with van der Waals surface area (Å²) in [7, 11) is -2.45. The number of dihydropyridines is 1. The van der Waals surface area contributed by atoms with E-state index >= 15 is 0 Å². The van der Waals surface area contributed by atoms with Crippen molar-refractivity contribution >= 4 is 56.8 Å². The number of hydrogen-bond donors (Lipinski definition) is 4. The first-order valence-corrected chi connectivity index (χ1v) is 13.7. The molecule has 0 saturated carbocycles. The SMILES string of the molecule is COC(=O)CC1=C(C(=O)O)C(c2c(Cl)cccc2Cl)C(C(=O)O)=C(CCc2ccccc2NS(C)(=O)=O)N1. The average molecular weight is 583 g/mol. The Kier molecular flexibility index (Phi) is 9.08. The highest BCUT2D eigenvalue weighted by Gasteiger charge is 2.40. The van der Waals surface area contributed by atoms with Crippen LogP contribution in [0.5, 0.6) is 0 Å².